The number of carbonyl (C=O) groups excluding carboxylic acids is 2. The van der Waals surface area contributed by atoms with Crippen molar-refractivity contribution in [3.05, 3.63) is 29.8 Å². The van der Waals surface area contributed by atoms with E-state index in [1.807, 2.05) is 12.1 Å². The summed E-state index contributed by atoms with van der Waals surface area (Å²) in [6.45, 7) is 4.35. The molecule has 5 nitrogen and oxygen atoms in total. The van der Waals surface area contributed by atoms with Gasteiger partial charge in [-0.2, -0.15) is 0 Å². The minimum atomic E-state index is -0.591. The van der Waals surface area contributed by atoms with Crippen LogP contribution >= 0.6 is 0 Å². The van der Waals surface area contributed by atoms with Gasteiger partial charge in [-0.15, -0.1) is 0 Å². The van der Waals surface area contributed by atoms with Gasteiger partial charge >= 0.3 is 11.9 Å². The van der Waals surface area contributed by atoms with Gasteiger partial charge in [-0.05, 0) is 37.5 Å². The lowest BCUT2D eigenvalue weighted by Gasteiger charge is -2.18. The van der Waals surface area contributed by atoms with E-state index in [0.29, 0.717) is 18.8 Å². The summed E-state index contributed by atoms with van der Waals surface area (Å²) in [7, 11) is 1.37. The first-order chi connectivity index (χ1) is 13.1. The molecule has 1 aromatic rings. The minimum absolute atomic E-state index is 0.218. The van der Waals surface area contributed by atoms with Crippen LogP contribution in [0.1, 0.15) is 70.8 Å². The fourth-order valence-electron chi connectivity index (χ4n) is 2.84. The Kier molecular flexibility index (Phi) is 12.0. The summed E-state index contributed by atoms with van der Waals surface area (Å²) in [6.07, 6.45) is 8.58. The topological polar surface area (TPSA) is 61.8 Å². The molecular formula is C22H34O5. The normalized spacial score (nSPS) is 11.7. The number of esters is 2. The van der Waals surface area contributed by atoms with Crippen molar-refractivity contribution in [3.63, 3.8) is 0 Å². The molecule has 1 rings (SSSR count). The summed E-state index contributed by atoms with van der Waals surface area (Å²) in [4.78, 5) is 23.5. The Morgan fingerprint density at radius 3 is 2.15 bits per heavy atom. The number of rotatable bonds is 14. The van der Waals surface area contributed by atoms with Crippen LogP contribution in [0, 0.1) is 0 Å². The van der Waals surface area contributed by atoms with Gasteiger partial charge in [0.25, 0.3) is 0 Å². The quantitative estimate of drug-likeness (QED) is 0.342. The van der Waals surface area contributed by atoms with E-state index in [0.717, 1.165) is 18.4 Å². The number of methoxy groups -OCH3 is 1. The maximum Gasteiger partial charge on any atom is 0.347 e. The molecule has 5 heteroatoms. The summed E-state index contributed by atoms with van der Waals surface area (Å²) < 4.78 is 15.7. The second kappa shape index (κ2) is 14.1. The maximum atomic E-state index is 12.2. The van der Waals surface area contributed by atoms with Gasteiger partial charge in [0.05, 0.1) is 20.1 Å². The van der Waals surface area contributed by atoms with Crippen LogP contribution in [0.15, 0.2) is 24.3 Å². The predicted molar refractivity (Wildman–Crippen MR) is 106 cm³/mol. The van der Waals surface area contributed by atoms with E-state index in [2.05, 4.69) is 11.7 Å². The monoisotopic (exact) mass is 378 g/mol. The third kappa shape index (κ3) is 10.0. The van der Waals surface area contributed by atoms with E-state index in [1.54, 1.807) is 19.1 Å². The summed E-state index contributed by atoms with van der Waals surface area (Å²) in [5.41, 5.74) is 0.842. The van der Waals surface area contributed by atoms with Crippen molar-refractivity contribution >= 4 is 11.9 Å². The van der Waals surface area contributed by atoms with E-state index in [9.17, 15) is 9.59 Å². The molecule has 0 spiro atoms. The number of unbranched alkanes of at least 4 members (excludes halogenated alkanes) is 6. The van der Waals surface area contributed by atoms with Gasteiger partial charge in [0.1, 0.15) is 5.75 Å². The van der Waals surface area contributed by atoms with E-state index in [4.69, 9.17) is 9.47 Å². The smallest absolute Gasteiger partial charge is 0.347 e. The summed E-state index contributed by atoms with van der Waals surface area (Å²) >= 11 is 0. The van der Waals surface area contributed by atoms with Crippen LogP contribution in [0.3, 0.4) is 0 Å². The van der Waals surface area contributed by atoms with Crippen molar-refractivity contribution in [3.8, 4) is 5.75 Å². The highest BCUT2D eigenvalue weighted by Gasteiger charge is 2.21. The molecule has 27 heavy (non-hydrogen) atoms. The highest BCUT2D eigenvalue weighted by molar-refractivity contribution is 5.75. The van der Waals surface area contributed by atoms with Gasteiger partial charge < -0.3 is 14.2 Å². The van der Waals surface area contributed by atoms with Crippen LogP contribution in [0.25, 0.3) is 0 Å². The summed E-state index contributed by atoms with van der Waals surface area (Å²) in [6, 6.07) is 7.16. The maximum absolute atomic E-state index is 12.2. The Bertz CT molecular complexity index is 538. The number of hydrogen-bond donors (Lipinski definition) is 0. The SMILES string of the molecule is CCCCCCCCCC(Oc1ccc(CC(=O)OC)cc1)C(=O)OCC. The molecular weight excluding hydrogens is 344 g/mol. The molecule has 0 N–H and O–H groups in total. The van der Waals surface area contributed by atoms with Crippen LogP contribution in [-0.4, -0.2) is 31.8 Å². The lowest BCUT2D eigenvalue weighted by molar-refractivity contribution is -0.151. The molecule has 1 unspecified atom stereocenters. The minimum Gasteiger partial charge on any atom is -0.479 e. The zero-order chi connectivity index (χ0) is 19.9. The Morgan fingerprint density at radius 2 is 1.56 bits per heavy atom. The van der Waals surface area contributed by atoms with Crippen molar-refractivity contribution in [1.82, 2.24) is 0 Å². The fourth-order valence-corrected chi connectivity index (χ4v) is 2.84. The van der Waals surface area contributed by atoms with Gasteiger partial charge in [-0.25, -0.2) is 4.79 Å². The Morgan fingerprint density at radius 1 is 0.926 bits per heavy atom. The molecule has 0 bridgehead atoms. The number of ether oxygens (including phenoxy) is 3. The number of hydrogen-bond acceptors (Lipinski definition) is 5. The molecule has 0 saturated carbocycles. The third-order valence-electron chi connectivity index (χ3n) is 4.40. The molecule has 0 saturated heterocycles. The van der Waals surface area contributed by atoms with Crippen LogP contribution in [0.5, 0.6) is 5.75 Å². The lowest BCUT2D eigenvalue weighted by atomic mass is 10.1. The average molecular weight is 379 g/mol. The second-order valence-corrected chi connectivity index (χ2v) is 6.67. The third-order valence-corrected chi connectivity index (χ3v) is 4.40. The van der Waals surface area contributed by atoms with Gasteiger partial charge in [-0.3, -0.25) is 4.79 Å². The number of carbonyl (C=O) groups is 2. The molecule has 0 aliphatic carbocycles. The first kappa shape index (κ1) is 23.0. The van der Waals surface area contributed by atoms with E-state index < -0.39 is 6.10 Å². The van der Waals surface area contributed by atoms with E-state index in [-0.39, 0.29) is 18.4 Å². The molecule has 0 radical (unpaired) electrons. The van der Waals surface area contributed by atoms with Gasteiger partial charge in [-0.1, -0.05) is 57.6 Å². The van der Waals surface area contributed by atoms with Crippen molar-refractivity contribution in [1.29, 1.82) is 0 Å². The van der Waals surface area contributed by atoms with Crippen LogP contribution in [-0.2, 0) is 25.5 Å². The lowest BCUT2D eigenvalue weighted by Crippen LogP contribution is -2.29. The molecule has 0 amide bonds. The largest absolute Gasteiger partial charge is 0.479 e. The predicted octanol–water partition coefficient (Wildman–Crippen LogP) is 4.85. The standard InChI is InChI=1S/C22H34O5/c1-4-6-7-8-9-10-11-12-20(22(24)26-5-2)27-19-15-13-18(14-16-19)17-21(23)25-3/h13-16,20H,4-12,17H2,1-3H3. The van der Waals surface area contributed by atoms with Crippen LogP contribution < -0.4 is 4.74 Å². The average Bonchev–Trinajstić information content (AvgIpc) is 2.67. The first-order valence-electron chi connectivity index (χ1n) is 10.1. The Hall–Kier alpha value is -2.04. The summed E-state index contributed by atoms with van der Waals surface area (Å²) in [5, 5.41) is 0. The Balaban J connectivity index is 2.51. The van der Waals surface area contributed by atoms with E-state index in [1.165, 1.54) is 39.2 Å². The highest BCUT2D eigenvalue weighted by atomic mass is 16.6. The molecule has 1 aromatic carbocycles. The van der Waals surface area contributed by atoms with Crippen molar-refractivity contribution in [2.75, 3.05) is 13.7 Å². The molecule has 152 valence electrons. The second-order valence-electron chi connectivity index (χ2n) is 6.67. The van der Waals surface area contributed by atoms with Gasteiger partial charge in [0.2, 0.25) is 0 Å². The Labute approximate surface area is 163 Å². The zero-order valence-corrected chi connectivity index (χ0v) is 17.0. The van der Waals surface area contributed by atoms with Crippen LogP contribution in [0.4, 0.5) is 0 Å². The molecule has 0 heterocycles. The van der Waals surface area contributed by atoms with Crippen LogP contribution in [0.2, 0.25) is 0 Å². The van der Waals surface area contributed by atoms with Gasteiger partial charge in [0, 0.05) is 0 Å². The van der Waals surface area contributed by atoms with Crippen molar-refractivity contribution in [2.45, 2.75) is 77.7 Å². The molecule has 1 atom stereocenters. The van der Waals surface area contributed by atoms with Crippen molar-refractivity contribution < 1.29 is 23.8 Å². The summed E-state index contributed by atoms with van der Waals surface area (Å²) in [5.74, 6) is -0.00117. The number of benzene rings is 1. The first-order valence-corrected chi connectivity index (χ1v) is 10.1. The van der Waals surface area contributed by atoms with Crippen molar-refractivity contribution in [2.24, 2.45) is 0 Å². The van der Waals surface area contributed by atoms with Gasteiger partial charge in [0.15, 0.2) is 6.10 Å². The highest BCUT2D eigenvalue weighted by Crippen LogP contribution is 2.18. The fraction of sp³-hybridized carbons (Fsp3) is 0.636. The molecule has 0 aliphatic rings. The van der Waals surface area contributed by atoms with E-state index >= 15 is 0 Å². The molecule has 0 fully saturated rings. The molecule has 0 aliphatic heterocycles. The molecule has 0 aromatic heterocycles. The zero-order valence-electron chi connectivity index (χ0n) is 17.0.